The Hall–Kier alpha value is -1.11. The second-order valence-electron chi connectivity index (χ2n) is 6.51. The molecule has 3 atom stereocenters. The lowest BCUT2D eigenvalue weighted by atomic mass is 9.70. The van der Waals surface area contributed by atoms with Crippen LogP contribution >= 0.6 is 0 Å². The second-order valence-corrected chi connectivity index (χ2v) is 6.51. The molecule has 0 spiro atoms. The molecule has 0 bridgehead atoms. The van der Waals surface area contributed by atoms with Crippen molar-refractivity contribution in [1.82, 2.24) is 0 Å². The van der Waals surface area contributed by atoms with Crippen LogP contribution in [-0.4, -0.2) is 5.78 Å². The Morgan fingerprint density at radius 2 is 1.67 bits per heavy atom. The molecule has 3 rings (SSSR count). The number of carbonyl (C=O) groups excluding carboxylic acids is 1. The van der Waals surface area contributed by atoms with Gasteiger partial charge in [-0.15, -0.1) is 0 Å². The van der Waals surface area contributed by atoms with Crippen molar-refractivity contribution in [2.75, 3.05) is 0 Å². The minimum Gasteiger partial charge on any atom is -0.294 e. The molecule has 1 fully saturated rings. The van der Waals surface area contributed by atoms with Crippen molar-refractivity contribution in [2.24, 2.45) is 23.7 Å². The summed E-state index contributed by atoms with van der Waals surface area (Å²) in [5, 5.41) is 0. The fourth-order valence-corrected chi connectivity index (χ4v) is 4.19. The molecule has 0 radical (unpaired) electrons. The Morgan fingerprint density at radius 3 is 2.33 bits per heavy atom. The molecular weight excluding hydrogens is 220 g/mol. The van der Waals surface area contributed by atoms with Crippen molar-refractivity contribution in [1.29, 1.82) is 0 Å². The Morgan fingerprint density at radius 1 is 1.00 bits per heavy atom. The summed E-state index contributed by atoms with van der Waals surface area (Å²) in [4.78, 5) is 12.5. The van der Waals surface area contributed by atoms with E-state index in [1.165, 1.54) is 24.8 Å². The molecule has 2 aliphatic carbocycles. The summed E-state index contributed by atoms with van der Waals surface area (Å²) in [5.74, 6) is 2.87. The maximum Gasteiger partial charge on any atom is 0.166 e. The number of carbonyl (C=O) groups is 1. The molecule has 1 heteroatoms. The van der Waals surface area contributed by atoms with Crippen LogP contribution in [0.3, 0.4) is 0 Å². The predicted octanol–water partition coefficient (Wildman–Crippen LogP) is 4.11. The average molecular weight is 242 g/mol. The van der Waals surface area contributed by atoms with Crippen molar-refractivity contribution in [3.05, 3.63) is 35.4 Å². The molecule has 0 aromatic heterocycles. The lowest BCUT2D eigenvalue weighted by Crippen LogP contribution is -2.29. The third kappa shape index (κ3) is 2.00. The van der Waals surface area contributed by atoms with E-state index >= 15 is 0 Å². The van der Waals surface area contributed by atoms with Crippen molar-refractivity contribution in [3.63, 3.8) is 0 Å². The largest absolute Gasteiger partial charge is 0.294 e. The minimum atomic E-state index is 0.271. The molecule has 2 aliphatic rings. The van der Waals surface area contributed by atoms with E-state index in [-0.39, 0.29) is 5.92 Å². The zero-order chi connectivity index (χ0) is 12.7. The monoisotopic (exact) mass is 242 g/mol. The van der Waals surface area contributed by atoms with E-state index in [2.05, 4.69) is 26.0 Å². The van der Waals surface area contributed by atoms with Gasteiger partial charge in [0, 0.05) is 11.5 Å². The van der Waals surface area contributed by atoms with E-state index in [4.69, 9.17) is 0 Å². The van der Waals surface area contributed by atoms with Crippen LogP contribution in [0.1, 0.15) is 49.0 Å². The fraction of sp³-hybridized carbons (Fsp3) is 0.588. The normalized spacial score (nSPS) is 35.6. The second kappa shape index (κ2) is 4.53. The fourth-order valence-electron chi connectivity index (χ4n) is 4.19. The number of hydrogen-bond donors (Lipinski definition) is 0. The van der Waals surface area contributed by atoms with Gasteiger partial charge < -0.3 is 0 Å². The van der Waals surface area contributed by atoms with Crippen LogP contribution in [0.25, 0.3) is 0 Å². The summed E-state index contributed by atoms with van der Waals surface area (Å²) in [7, 11) is 0. The Kier molecular flexibility index (Phi) is 3.01. The van der Waals surface area contributed by atoms with Crippen LogP contribution in [0.15, 0.2) is 24.3 Å². The van der Waals surface area contributed by atoms with E-state index < -0.39 is 0 Å². The molecule has 1 nitrogen and oxygen atoms in total. The highest BCUT2D eigenvalue weighted by Crippen LogP contribution is 2.42. The van der Waals surface area contributed by atoms with Gasteiger partial charge in [0.1, 0.15) is 0 Å². The molecule has 1 aromatic carbocycles. The van der Waals surface area contributed by atoms with Gasteiger partial charge in [-0.2, -0.15) is 0 Å². The number of Topliss-reactive ketones (excluding diaryl/α,β-unsaturated/α-hetero) is 1. The minimum absolute atomic E-state index is 0.271. The van der Waals surface area contributed by atoms with E-state index in [0.717, 1.165) is 23.8 Å². The number of fused-ring (bicyclic) bond motifs is 1. The Balaban J connectivity index is 1.81. The predicted molar refractivity (Wildman–Crippen MR) is 73.6 cm³/mol. The van der Waals surface area contributed by atoms with Crippen LogP contribution in [0.5, 0.6) is 0 Å². The van der Waals surface area contributed by atoms with Gasteiger partial charge in [0.25, 0.3) is 0 Å². The summed E-state index contributed by atoms with van der Waals surface area (Å²) in [5.41, 5.74) is 2.27. The van der Waals surface area contributed by atoms with E-state index in [1.807, 2.05) is 12.1 Å². The average Bonchev–Trinajstić information content (AvgIpc) is 2.66. The van der Waals surface area contributed by atoms with Gasteiger partial charge in [-0.25, -0.2) is 0 Å². The van der Waals surface area contributed by atoms with Gasteiger partial charge in [0.05, 0.1) is 0 Å². The van der Waals surface area contributed by atoms with Crippen LogP contribution in [-0.2, 0) is 6.42 Å². The zero-order valence-electron chi connectivity index (χ0n) is 11.4. The van der Waals surface area contributed by atoms with E-state index in [0.29, 0.717) is 11.7 Å². The highest BCUT2D eigenvalue weighted by molar-refractivity contribution is 6.02. The highest BCUT2D eigenvalue weighted by Gasteiger charge is 2.38. The van der Waals surface area contributed by atoms with Crippen LogP contribution in [0, 0.1) is 23.7 Å². The standard InChI is InChI=1S/C17H22O/c1-11-7-12(2)9-14(8-11)16-10-13-5-3-4-6-15(13)17(16)18/h3-6,11-12,14,16H,7-10H2,1-2H3. The molecule has 0 heterocycles. The summed E-state index contributed by atoms with van der Waals surface area (Å²) in [6.45, 7) is 4.68. The van der Waals surface area contributed by atoms with Gasteiger partial charge in [0.15, 0.2) is 5.78 Å². The summed E-state index contributed by atoms with van der Waals surface area (Å²) < 4.78 is 0. The molecule has 0 aliphatic heterocycles. The third-order valence-corrected chi connectivity index (χ3v) is 4.84. The zero-order valence-corrected chi connectivity index (χ0v) is 11.4. The first kappa shape index (κ1) is 12.0. The highest BCUT2D eigenvalue weighted by atomic mass is 16.1. The quantitative estimate of drug-likeness (QED) is 0.724. The molecule has 0 saturated heterocycles. The summed E-state index contributed by atoms with van der Waals surface area (Å²) in [6, 6.07) is 8.18. The lowest BCUT2D eigenvalue weighted by Gasteiger charge is -2.34. The topological polar surface area (TPSA) is 17.1 Å². The molecule has 1 aromatic rings. The van der Waals surface area contributed by atoms with E-state index in [9.17, 15) is 4.79 Å². The number of ketones is 1. The maximum absolute atomic E-state index is 12.5. The van der Waals surface area contributed by atoms with Crippen molar-refractivity contribution < 1.29 is 4.79 Å². The molecule has 18 heavy (non-hydrogen) atoms. The summed E-state index contributed by atoms with van der Waals surface area (Å²) in [6.07, 6.45) is 4.81. The van der Waals surface area contributed by atoms with Gasteiger partial charge in [-0.1, -0.05) is 38.1 Å². The lowest BCUT2D eigenvalue weighted by molar-refractivity contribution is 0.0821. The Labute approximate surface area is 110 Å². The van der Waals surface area contributed by atoms with Crippen molar-refractivity contribution in [3.8, 4) is 0 Å². The van der Waals surface area contributed by atoms with Crippen molar-refractivity contribution in [2.45, 2.75) is 39.5 Å². The van der Waals surface area contributed by atoms with Gasteiger partial charge in [0.2, 0.25) is 0 Å². The smallest absolute Gasteiger partial charge is 0.166 e. The van der Waals surface area contributed by atoms with Gasteiger partial charge >= 0.3 is 0 Å². The Bertz CT molecular complexity index is 452. The molecular formula is C17H22O. The van der Waals surface area contributed by atoms with Gasteiger partial charge in [-0.3, -0.25) is 4.79 Å². The first-order valence-electron chi connectivity index (χ1n) is 7.27. The summed E-state index contributed by atoms with van der Waals surface area (Å²) >= 11 is 0. The number of benzene rings is 1. The van der Waals surface area contributed by atoms with Crippen LogP contribution < -0.4 is 0 Å². The molecule has 3 unspecified atom stereocenters. The van der Waals surface area contributed by atoms with E-state index in [1.54, 1.807) is 0 Å². The molecule has 0 N–H and O–H groups in total. The number of hydrogen-bond acceptors (Lipinski definition) is 1. The molecule has 96 valence electrons. The first-order chi connectivity index (χ1) is 8.65. The maximum atomic E-state index is 12.5. The first-order valence-corrected chi connectivity index (χ1v) is 7.27. The van der Waals surface area contributed by atoms with Crippen molar-refractivity contribution >= 4 is 5.78 Å². The third-order valence-electron chi connectivity index (χ3n) is 4.84. The SMILES string of the molecule is CC1CC(C)CC(C2Cc3ccccc3C2=O)C1. The number of rotatable bonds is 1. The van der Waals surface area contributed by atoms with Crippen LogP contribution in [0.2, 0.25) is 0 Å². The molecule has 0 amide bonds. The molecule has 1 saturated carbocycles. The van der Waals surface area contributed by atoms with Gasteiger partial charge in [-0.05, 0) is 49.0 Å². The van der Waals surface area contributed by atoms with Crippen LogP contribution in [0.4, 0.5) is 0 Å².